The number of nitrogens with zero attached hydrogens (tertiary/aromatic N) is 1. The van der Waals surface area contributed by atoms with Crippen molar-refractivity contribution >= 4 is 33.3 Å². The molecule has 0 spiro atoms. The first kappa shape index (κ1) is 15.1. The van der Waals surface area contributed by atoms with Gasteiger partial charge in [0.05, 0.1) is 16.3 Å². The Hall–Kier alpha value is -1.31. The van der Waals surface area contributed by atoms with Gasteiger partial charge in [0.2, 0.25) is 10.0 Å². The zero-order valence-corrected chi connectivity index (χ0v) is 12.2. The van der Waals surface area contributed by atoms with Crippen LogP contribution in [0.25, 0.3) is 0 Å². The maximum atomic E-state index is 11.4. The number of carboxylic acids is 1. The SMILES string of the molecule is NS(=O)(=O)c1cc(C(=O)O)c(N2CCCCC2)cc1Cl. The summed E-state index contributed by atoms with van der Waals surface area (Å²) in [7, 11) is -4.05. The number of sulfonamides is 1. The average molecular weight is 319 g/mol. The molecule has 110 valence electrons. The molecule has 0 bridgehead atoms. The molecule has 3 N–H and O–H groups in total. The van der Waals surface area contributed by atoms with Crippen LogP contribution in [0.5, 0.6) is 0 Å². The molecule has 0 saturated carbocycles. The van der Waals surface area contributed by atoms with Crippen molar-refractivity contribution in [1.29, 1.82) is 0 Å². The quantitative estimate of drug-likeness (QED) is 0.883. The summed E-state index contributed by atoms with van der Waals surface area (Å²) in [5.74, 6) is -1.20. The minimum absolute atomic E-state index is 0.0573. The predicted molar refractivity (Wildman–Crippen MR) is 75.8 cm³/mol. The Balaban J connectivity index is 2.57. The number of rotatable bonds is 3. The number of carboxylic acid groups (broad SMARTS) is 1. The van der Waals surface area contributed by atoms with E-state index < -0.39 is 16.0 Å². The van der Waals surface area contributed by atoms with Crippen LogP contribution in [0, 0.1) is 0 Å². The van der Waals surface area contributed by atoms with Gasteiger partial charge in [-0.25, -0.2) is 18.4 Å². The second kappa shape index (κ2) is 5.59. The van der Waals surface area contributed by atoms with Crippen LogP contribution in [-0.4, -0.2) is 32.6 Å². The van der Waals surface area contributed by atoms with Gasteiger partial charge in [-0.2, -0.15) is 0 Å². The molecule has 0 aliphatic carbocycles. The van der Waals surface area contributed by atoms with E-state index in [0.717, 1.165) is 38.4 Å². The van der Waals surface area contributed by atoms with Gasteiger partial charge in [-0.1, -0.05) is 11.6 Å². The van der Waals surface area contributed by atoms with Crippen molar-refractivity contribution in [2.75, 3.05) is 18.0 Å². The Morgan fingerprint density at radius 1 is 1.25 bits per heavy atom. The van der Waals surface area contributed by atoms with Gasteiger partial charge in [-0.3, -0.25) is 0 Å². The van der Waals surface area contributed by atoms with Gasteiger partial charge < -0.3 is 10.0 Å². The molecular weight excluding hydrogens is 304 g/mol. The number of primary sulfonamides is 1. The molecule has 1 aromatic carbocycles. The molecule has 0 amide bonds. The number of nitrogens with two attached hydrogens (primary N) is 1. The lowest BCUT2D eigenvalue weighted by Gasteiger charge is -2.30. The Bertz CT molecular complexity index is 639. The minimum atomic E-state index is -4.05. The maximum absolute atomic E-state index is 11.4. The van der Waals surface area contributed by atoms with Crippen LogP contribution in [-0.2, 0) is 10.0 Å². The Kier molecular flexibility index (Phi) is 4.22. The third-order valence-corrected chi connectivity index (χ3v) is 4.66. The van der Waals surface area contributed by atoms with E-state index >= 15 is 0 Å². The summed E-state index contributed by atoms with van der Waals surface area (Å²) in [6, 6.07) is 2.40. The molecule has 1 saturated heterocycles. The highest BCUT2D eigenvalue weighted by Crippen LogP contribution is 2.32. The van der Waals surface area contributed by atoms with Gasteiger partial charge in [0.1, 0.15) is 4.90 Å². The first-order valence-corrected chi connectivity index (χ1v) is 8.07. The summed E-state index contributed by atoms with van der Waals surface area (Å²) in [6.07, 6.45) is 3.03. The number of aromatic carboxylic acids is 1. The van der Waals surface area contributed by atoms with Crippen LogP contribution >= 0.6 is 11.6 Å². The molecule has 20 heavy (non-hydrogen) atoms. The van der Waals surface area contributed by atoms with E-state index in [9.17, 15) is 18.3 Å². The molecule has 6 nitrogen and oxygen atoms in total. The second-order valence-corrected chi connectivity index (χ2v) is 6.63. The molecule has 1 aliphatic heterocycles. The summed E-state index contributed by atoms with van der Waals surface area (Å²) in [4.78, 5) is 12.9. The minimum Gasteiger partial charge on any atom is -0.478 e. The molecule has 0 radical (unpaired) electrons. The standard InChI is InChI=1S/C12H15ClN2O4S/c13-9-7-10(15-4-2-1-3-5-15)8(12(16)17)6-11(9)20(14,18)19/h6-7H,1-5H2,(H,16,17)(H2,14,18,19). The molecule has 1 heterocycles. The topological polar surface area (TPSA) is 101 Å². The van der Waals surface area contributed by atoms with Crippen LogP contribution < -0.4 is 10.0 Å². The second-order valence-electron chi connectivity index (χ2n) is 4.70. The van der Waals surface area contributed by atoms with Crippen LogP contribution in [0.15, 0.2) is 17.0 Å². The largest absolute Gasteiger partial charge is 0.478 e. The molecule has 1 aliphatic rings. The molecule has 8 heteroatoms. The Morgan fingerprint density at radius 2 is 1.85 bits per heavy atom. The van der Waals surface area contributed by atoms with Gasteiger partial charge in [0.25, 0.3) is 0 Å². The van der Waals surface area contributed by atoms with Crippen molar-refractivity contribution in [3.8, 4) is 0 Å². The normalized spacial score (nSPS) is 16.2. The molecule has 0 atom stereocenters. The first-order chi connectivity index (χ1) is 9.30. The Morgan fingerprint density at radius 3 is 2.35 bits per heavy atom. The molecule has 1 aromatic rings. The van der Waals surface area contributed by atoms with Gasteiger partial charge in [0.15, 0.2) is 0 Å². The smallest absolute Gasteiger partial charge is 0.337 e. The van der Waals surface area contributed by atoms with E-state index in [1.54, 1.807) is 0 Å². The summed E-state index contributed by atoms with van der Waals surface area (Å²) >= 11 is 5.93. The highest BCUT2D eigenvalue weighted by Gasteiger charge is 2.23. The van der Waals surface area contributed by atoms with Gasteiger partial charge in [-0.05, 0) is 31.4 Å². The van der Waals surface area contributed by atoms with Crippen molar-refractivity contribution in [2.45, 2.75) is 24.2 Å². The third-order valence-electron chi connectivity index (χ3n) is 3.28. The number of carbonyl (C=O) groups is 1. The zero-order valence-electron chi connectivity index (χ0n) is 10.7. The van der Waals surface area contributed by atoms with Crippen molar-refractivity contribution in [3.05, 3.63) is 22.7 Å². The number of hydrogen-bond donors (Lipinski definition) is 2. The van der Waals surface area contributed by atoms with Crippen molar-refractivity contribution in [2.24, 2.45) is 5.14 Å². The van der Waals surface area contributed by atoms with Crippen LogP contribution in [0.3, 0.4) is 0 Å². The maximum Gasteiger partial charge on any atom is 0.337 e. The number of benzene rings is 1. The number of hydrogen-bond acceptors (Lipinski definition) is 4. The lowest BCUT2D eigenvalue weighted by Crippen LogP contribution is -2.31. The van der Waals surface area contributed by atoms with Crippen LogP contribution in [0.4, 0.5) is 5.69 Å². The van der Waals surface area contributed by atoms with Crippen LogP contribution in [0.2, 0.25) is 5.02 Å². The number of piperidine rings is 1. The van der Waals surface area contributed by atoms with Crippen LogP contribution in [0.1, 0.15) is 29.6 Å². The van der Waals surface area contributed by atoms with E-state index in [1.165, 1.54) is 6.07 Å². The molecule has 0 aromatic heterocycles. The molecule has 2 rings (SSSR count). The van der Waals surface area contributed by atoms with Crippen molar-refractivity contribution in [1.82, 2.24) is 0 Å². The van der Waals surface area contributed by atoms with E-state index in [-0.39, 0.29) is 15.5 Å². The molecular formula is C12H15ClN2O4S. The van der Waals surface area contributed by atoms with E-state index in [2.05, 4.69) is 0 Å². The molecule has 0 unspecified atom stereocenters. The lowest BCUT2D eigenvalue weighted by molar-refractivity contribution is 0.0697. The number of anilines is 1. The highest BCUT2D eigenvalue weighted by molar-refractivity contribution is 7.89. The summed E-state index contributed by atoms with van der Waals surface area (Å²) in [5, 5.41) is 14.3. The summed E-state index contributed by atoms with van der Waals surface area (Å²) < 4.78 is 22.8. The fraction of sp³-hybridized carbons (Fsp3) is 0.417. The van der Waals surface area contributed by atoms with Crippen molar-refractivity contribution in [3.63, 3.8) is 0 Å². The Labute approximate surface area is 122 Å². The number of halogens is 1. The van der Waals surface area contributed by atoms with Gasteiger partial charge in [0, 0.05) is 13.1 Å². The van der Waals surface area contributed by atoms with E-state index in [0.29, 0.717) is 5.69 Å². The lowest BCUT2D eigenvalue weighted by atomic mass is 10.1. The van der Waals surface area contributed by atoms with Crippen molar-refractivity contribution < 1.29 is 18.3 Å². The third kappa shape index (κ3) is 3.05. The summed E-state index contributed by atoms with van der Waals surface area (Å²) in [6.45, 7) is 1.46. The fourth-order valence-corrected chi connectivity index (χ4v) is 3.42. The van der Waals surface area contributed by atoms with Gasteiger partial charge in [-0.15, -0.1) is 0 Å². The van der Waals surface area contributed by atoms with E-state index in [1.807, 2.05) is 4.90 Å². The summed E-state index contributed by atoms with van der Waals surface area (Å²) in [5.41, 5.74) is 0.343. The monoisotopic (exact) mass is 318 g/mol. The van der Waals surface area contributed by atoms with E-state index in [4.69, 9.17) is 16.7 Å². The van der Waals surface area contributed by atoms with Gasteiger partial charge >= 0.3 is 5.97 Å². The molecule has 1 fully saturated rings. The fourth-order valence-electron chi connectivity index (χ4n) is 2.33. The first-order valence-electron chi connectivity index (χ1n) is 6.15. The zero-order chi connectivity index (χ0) is 14.9. The highest BCUT2D eigenvalue weighted by atomic mass is 35.5. The predicted octanol–water partition coefficient (Wildman–Crippen LogP) is 1.68. The average Bonchev–Trinajstić information content (AvgIpc) is 2.37.